The second-order valence-corrected chi connectivity index (χ2v) is 5.26. The van der Waals surface area contributed by atoms with E-state index in [0.29, 0.717) is 29.7 Å². The lowest BCUT2D eigenvalue weighted by atomic mass is 9.91. The van der Waals surface area contributed by atoms with Gasteiger partial charge in [0.25, 0.3) is 0 Å². The molecule has 0 aromatic rings. The van der Waals surface area contributed by atoms with E-state index in [1.807, 2.05) is 7.05 Å². The zero-order valence-electron chi connectivity index (χ0n) is 12.4. The van der Waals surface area contributed by atoms with E-state index in [1.54, 1.807) is 26.0 Å². The Labute approximate surface area is 118 Å². The molecular formula is C14H21N3O3. The van der Waals surface area contributed by atoms with Gasteiger partial charge in [-0.25, -0.2) is 0 Å². The van der Waals surface area contributed by atoms with Crippen molar-refractivity contribution >= 4 is 11.6 Å². The molecule has 0 spiro atoms. The molecule has 1 atom stereocenters. The monoisotopic (exact) mass is 279 g/mol. The SMILES string of the molecule is CNCCC1(OC)CC2=C(C(=O)C(C)=C(N)C2=O)N1C. The molecule has 0 bridgehead atoms. The first-order valence-electron chi connectivity index (χ1n) is 6.62. The Hall–Kier alpha value is -1.66. The normalized spacial score (nSPS) is 26.7. The number of likely N-dealkylation sites (N-methyl/N-ethyl adjacent to an activating group) is 1. The highest BCUT2D eigenvalue weighted by molar-refractivity contribution is 6.24. The number of Topliss-reactive ketones (excluding diaryl/α,β-unsaturated/α-hetero) is 2. The maximum absolute atomic E-state index is 12.4. The van der Waals surface area contributed by atoms with Gasteiger partial charge in [-0.1, -0.05) is 0 Å². The Balaban J connectivity index is 2.41. The van der Waals surface area contributed by atoms with Crippen LogP contribution in [0.5, 0.6) is 0 Å². The second kappa shape index (κ2) is 5.03. The quantitative estimate of drug-likeness (QED) is 0.700. The van der Waals surface area contributed by atoms with Crippen molar-refractivity contribution in [3.63, 3.8) is 0 Å². The summed E-state index contributed by atoms with van der Waals surface area (Å²) in [7, 11) is 5.25. The number of nitrogens with two attached hydrogens (primary N) is 1. The van der Waals surface area contributed by atoms with Crippen molar-refractivity contribution in [3.05, 3.63) is 22.5 Å². The van der Waals surface area contributed by atoms with Crippen molar-refractivity contribution in [1.29, 1.82) is 0 Å². The minimum Gasteiger partial charge on any atom is -0.395 e. The Morgan fingerprint density at radius 1 is 1.40 bits per heavy atom. The Morgan fingerprint density at radius 2 is 2.05 bits per heavy atom. The van der Waals surface area contributed by atoms with Gasteiger partial charge in [-0.15, -0.1) is 0 Å². The van der Waals surface area contributed by atoms with Gasteiger partial charge in [-0.3, -0.25) is 9.59 Å². The number of hydrogen-bond acceptors (Lipinski definition) is 6. The largest absolute Gasteiger partial charge is 0.395 e. The molecule has 0 aromatic carbocycles. The standard InChI is InChI=1S/C14H21N3O3/c1-8-10(15)13(19)9-7-14(20-4,5-6-16-2)17(3)11(9)12(8)18/h16H,5-7,15H2,1-4H3. The molecule has 0 saturated heterocycles. The van der Waals surface area contributed by atoms with E-state index in [1.165, 1.54) is 0 Å². The molecular weight excluding hydrogens is 258 g/mol. The molecule has 0 aromatic heterocycles. The van der Waals surface area contributed by atoms with Crippen molar-refractivity contribution in [2.45, 2.75) is 25.5 Å². The lowest BCUT2D eigenvalue weighted by molar-refractivity contribution is -0.123. The fourth-order valence-corrected chi connectivity index (χ4v) is 2.88. The Kier molecular flexibility index (Phi) is 3.71. The van der Waals surface area contributed by atoms with Gasteiger partial charge in [0.2, 0.25) is 11.6 Å². The minimum atomic E-state index is -0.663. The van der Waals surface area contributed by atoms with Crippen molar-refractivity contribution < 1.29 is 14.3 Å². The van der Waals surface area contributed by atoms with Gasteiger partial charge in [0, 0.05) is 38.1 Å². The van der Waals surface area contributed by atoms with E-state index in [2.05, 4.69) is 5.32 Å². The van der Waals surface area contributed by atoms with Crippen LogP contribution >= 0.6 is 0 Å². The second-order valence-electron chi connectivity index (χ2n) is 5.26. The first-order valence-corrected chi connectivity index (χ1v) is 6.62. The van der Waals surface area contributed by atoms with E-state index >= 15 is 0 Å². The summed E-state index contributed by atoms with van der Waals surface area (Å²) in [5, 5.41) is 3.07. The van der Waals surface area contributed by atoms with Crippen LogP contribution in [0.25, 0.3) is 0 Å². The highest BCUT2D eigenvalue weighted by Crippen LogP contribution is 2.42. The number of carbonyl (C=O) groups is 2. The van der Waals surface area contributed by atoms with Crippen LogP contribution in [0.15, 0.2) is 22.5 Å². The summed E-state index contributed by atoms with van der Waals surface area (Å²) in [6.07, 6.45) is 1.05. The number of nitrogens with zero attached hydrogens (tertiary/aromatic N) is 1. The van der Waals surface area contributed by atoms with Gasteiger partial charge in [-0.2, -0.15) is 0 Å². The minimum absolute atomic E-state index is 0.0580. The molecule has 1 unspecified atom stereocenters. The molecule has 2 rings (SSSR count). The topological polar surface area (TPSA) is 84.7 Å². The van der Waals surface area contributed by atoms with Crippen molar-refractivity contribution in [2.75, 3.05) is 27.7 Å². The van der Waals surface area contributed by atoms with Crippen LogP contribution in [0.4, 0.5) is 0 Å². The van der Waals surface area contributed by atoms with Crippen molar-refractivity contribution in [3.8, 4) is 0 Å². The molecule has 6 nitrogen and oxygen atoms in total. The molecule has 20 heavy (non-hydrogen) atoms. The number of hydrogen-bond donors (Lipinski definition) is 2. The van der Waals surface area contributed by atoms with Crippen LogP contribution < -0.4 is 11.1 Å². The van der Waals surface area contributed by atoms with E-state index in [0.717, 1.165) is 6.54 Å². The first kappa shape index (κ1) is 14.7. The van der Waals surface area contributed by atoms with Gasteiger partial charge in [0.1, 0.15) is 5.72 Å². The van der Waals surface area contributed by atoms with Crippen molar-refractivity contribution in [2.24, 2.45) is 5.73 Å². The third-order valence-electron chi connectivity index (χ3n) is 4.31. The predicted octanol–water partition coefficient (Wildman–Crippen LogP) is -0.0873. The molecule has 0 amide bonds. The molecule has 2 aliphatic rings. The fraction of sp³-hybridized carbons (Fsp3) is 0.571. The van der Waals surface area contributed by atoms with Gasteiger partial charge >= 0.3 is 0 Å². The fourth-order valence-electron chi connectivity index (χ4n) is 2.88. The van der Waals surface area contributed by atoms with Gasteiger partial charge < -0.3 is 20.7 Å². The van der Waals surface area contributed by atoms with Crippen LogP contribution in [0.2, 0.25) is 0 Å². The van der Waals surface area contributed by atoms with Crippen molar-refractivity contribution in [1.82, 2.24) is 10.2 Å². The molecule has 1 heterocycles. The van der Waals surface area contributed by atoms with Gasteiger partial charge in [0.05, 0.1) is 11.4 Å². The molecule has 0 radical (unpaired) electrons. The molecule has 3 N–H and O–H groups in total. The summed E-state index contributed by atoms with van der Waals surface area (Å²) in [5.41, 5.74) is 6.36. The zero-order chi connectivity index (χ0) is 15.1. The number of nitrogens with one attached hydrogen (secondary N) is 1. The van der Waals surface area contributed by atoms with E-state index in [-0.39, 0.29) is 17.3 Å². The molecule has 6 heteroatoms. The average Bonchev–Trinajstić information content (AvgIpc) is 2.74. The smallest absolute Gasteiger partial charge is 0.207 e. The lowest BCUT2D eigenvalue weighted by Gasteiger charge is -2.37. The molecule has 0 fully saturated rings. The van der Waals surface area contributed by atoms with Crippen LogP contribution in [0, 0.1) is 0 Å². The van der Waals surface area contributed by atoms with Crippen LogP contribution in [-0.4, -0.2) is 49.9 Å². The van der Waals surface area contributed by atoms with Crippen LogP contribution in [0.3, 0.4) is 0 Å². The molecule has 1 aliphatic carbocycles. The summed E-state index contributed by atoms with van der Waals surface area (Å²) < 4.78 is 5.65. The number of carbonyl (C=O) groups excluding carboxylic acids is 2. The van der Waals surface area contributed by atoms with Gasteiger partial charge in [-0.05, 0) is 20.5 Å². The van der Waals surface area contributed by atoms with E-state index in [4.69, 9.17) is 10.5 Å². The van der Waals surface area contributed by atoms with Crippen LogP contribution in [0.1, 0.15) is 19.8 Å². The number of allylic oxidation sites excluding steroid dienone is 2. The molecule has 110 valence electrons. The Bertz CT molecular complexity index is 536. The number of ketones is 2. The summed E-state index contributed by atoms with van der Waals surface area (Å²) in [5.74, 6) is -0.421. The maximum Gasteiger partial charge on any atom is 0.207 e. The predicted molar refractivity (Wildman–Crippen MR) is 74.6 cm³/mol. The third kappa shape index (κ3) is 1.87. The molecule has 1 aliphatic heterocycles. The Morgan fingerprint density at radius 3 is 2.60 bits per heavy atom. The van der Waals surface area contributed by atoms with E-state index in [9.17, 15) is 9.59 Å². The van der Waals surface area contributed by atoms with E-state index < -0.39 is 5.72 Å². The maximum atomic E-state index is 12.4. The summed E-state index contributed by atoms with van der Waals surface area (Å²) in [6.45, 7) is 2.32. The lowest BCUT2D eigenvalue weighted by Crippen LogP contribution is -2.46. The number of rotatable bonds is 4. The zero-order valence-corrected chi connectivity index (χ0v) is 12.4. The first-order chi connectivity index (χ1) is 9.39. The summed E-state index contributed by atoms with van der Waals surface area (Å²) in [6, 6.07) is 0. The van der Waals surface area contributed by atoms with Crippen LogP contribution in [-0.2, 0) is 14.3 Å². The highest BCUT2D eigenvalue weighted by Gasteiger charge is 2.49. The van der Waals surface area contributed by atoms with Gasteiger partial charge in [0.15, 0.2) is 0 Å². The number of ether oxygens (including phenoxy) is 1. The molecule has 0 saturated carbocycles. The summed E-state index contributed by atoms with van der Waals surface area (Å²) in [4.78, 5) is 26.5. The summed E-state index contributed by atoms with van der Waals surface area (Å²) >= 11 is 0. The average molecular weight is 279 g/mol. The highest BCUT2D eigenvalue weighted by atomic mass is 16.5. The number of methoxy groups -OCH3 is 1. The third-order valence-corrected chi connectivity index (χ3v) is 4.31.